The Morgan fingerprint density at radius 2 is 2.07 bits per heavy atom. The average molecular weight is 250 g/mol. The number of anilines is 1. The van der Waals surface area contributed by atoms with Crippen LogP contribution in [0.15, 0.2) is 18.2 Å². The van der Waals surface area contributed by atoms with E-state index in [0.717, 1.165) is 5.69 Å². The second kappa shape index (κ2) is 5.56. The van der Waals surface area contributed by atoms with E-state index in [1.165, 1.54) is 0 Å². The monoisotopic (exact) mass is 249 g/mol. The third kappa shape index (κ3) is 3.54. The van der Waals surface area contributed by atoms with E-state index in [1.807, 2.05) is 0 Å². The van der Waals surface area contributed by atoms with E-state index in [-0.39, 0.29) is 6.61 Å². The van der Waals surface area contributed by atoms with Gasteiger partial charge < -0.3 is 15.1 Å². The standard InChI is InChI=1S/C10H13Cl2NO2/c1-13(5-8(15)6-14)10-3-2-7(11)4-9(10)12/h2-4,8,14-15H,5-6H2,1H3. The van der Waals surface area contributed by atoms with Gasteiger partial charge in [0.25, 0.3) is 0 Å². The molecule has 1 unspecified atom stereocenters. The zero-order valence-electron chi connectivity index (χ0n) is 8.32. The van der Waals surface area contributed by atoms with Crippen molar-refractivity contribution >= 4 is 28.9 Å². The summed E-state index contributed by atoms with van der Waals surface area (Å²) in [5.41, 5.74) is 0.772. The van der Waals surface area contributed by atoms with E-state index < -0.39 is 6.10 Å². The number of likely N-dealkylation sites (N-methyl/N-ethyl adjacent to an activating group) is 1. The smallest absolute Gasteiger partial charge is 0.0945 e. The van der Waals surface area contributed by atoms with Crippen LogP contribution >= 0.6 is 23.2 Å². The van der Waals surface area contributed by atoms with Crippen LogP contribution in [0.4, 0.5) is 5.69 Å². The van der Waals surface area contributed by atoms with Gasteiger partial charge in [-0.1, -0.05) is 23.2 Å². The van der Waals surface area contributed by atoms with E-state index in [4.69, 9.17) is 28.3 Å². The second-order valence-corrected chi connectivity index (χ2v) is 4.16. The van der Waals surface area contributed by atoms with Crippen molar-refractivity contribution in [3.8, 4) is 0 Å². The number of aliphatic hydroxyl groups is 2. The van der Waals surface area contributed by atoms with Gasteiger partial charge in [-0.05, 0) is 18.2 Å². The van der Waals surface area contributed by atoms with E-state index in [0.29, 0.717) is 16.6 Å². The van der Waals surface area contributed by atoms with Crippen LogP contribution in [0.5, 0.6) is 0 Å². The Kier molecular flexibility index (Phi) is 4.67. The molecule has 0 fully saturated rings. The van der Waals surface area contributed by atoms with Crippen molar-refractivity contribution < 1.29 is 10.2 Å². The molecule has 0 saturated carbocycles. The normalized spacial score (nSPS) is 12.6. The third-order valence-corrected chi connectivity index (χ3v) is 2.55. The number of rotatable bonds is 4. The van der Waals surface area contributed by atoms with Crippen LogP contribution in [0.1, 0.15) is 0 Å². The Bertz CT molecular complexity index is 333. The van der Waals surface area contributed by atoms with Gasteiger partial charge in [0, 0.05) is 18.6 Å². The summed E-state index contributed by atoms with van der Waals surface area (Å²) in [5.74, 6) is 0. The SMILES string of the molecule is CN(CC(O)CO)c1ccc(Cl)cc1Cl. The average Bonchev–Trinajstić information content (AvgIpc) is 2.17. The molecule has 1 rings (SSSR count). The zero-order valence-corrected chi connectivity index (χ0v) is 9.83. The molecule has 1 aromatic rings. The van der Waals surface area contributed by atoms with Gasteiger partial charge in [-0.15, -0.1) is 0 Å². The topological polar surface area (TPSA) is 43.7 Å². The molecule has 1 atom stereocenters. The molecule has 0 heterocycles. The highest BCUT2D eigenvalue weighted by Crippen LogP contribution is 2.27. The first-order valence-corrected chi connectivity index (χ1v) is 5.25. The van der Waals surface area contributed by atoms with Gasteiger partial charge in [0.2, 0.25) is 0 Å². The van der Waals surface area contributed by atoms with Crippen molar-refractivity contribution in [3.05, 3.63) is 28.2 Å². The minimum Gasteiger partial charge on any atom is -0.394 e. The molecule has 84 valence electrons. The van der Waals surface area contributed by atoms with E-state index >= 15 is 0 Å². The van der Waals surface area contributed by atoms with Crippen LogP contribution in [0.3, 0.4) is 0 Å². The molecule has 5 heteroatoms. The molecule has 0 saturated heterocycles. The van der Waals surface area contributed by atoms with Crippen molar-refractivity contribution in [2.75, 3.05) is 25.1 Å². The van der Waals surface area contributed by atoms with Crippen LogP contribution in [0.2, 0.25) is 10.0 Å². The van der Waals surface area contributed by atoms with Crippen molar-refractivity contribution in [2.24, 2.45) is 0 Å². The van der Waals surface area contributed by atoms with Gasteiger partial charge in [-0.3, -0.25) is 0 Å². The van der Waals surface area contributed by atoms with Crippen LogP contribution in [0, 0.1) is 0 Å². The fourth-order valence-corrected chi connectivity index (χ4v) is 1.82. The van der Waals surface area contributed by atoms with Crippen molar-refractivity contribution in [1.29, 1.82) is 0 Å². The Balaban J connectivity index is 2.77. The van der Waals surface area contributed by atoms with Gasteiger partial charge >= 0.3 is 0 Å². The number of hydrogen-bond acceptors (Lipinski definition) is 3. The molecule has 0 aliphatic rings. The maximum Gasteiger partial charge on any atom is 0.0945 e. The van der Waals surface area contributed by atoms with Crippen LogP contribution in [-0.2, 0) is 0 Å². The van der Waals surface area contributed by atoms with E-state index in [9.17, 15) is 5.11 Å². The molecule has 3 nitrogen and oxygen atoms in total. The summed E-state index contributed by atoms with van der Waals surface area (Å²) < 4.78 is 0. The molecule has 0 spiro atoms. The summed E-state index contributed by atoms with van der Waals surface area (Å²) in [6.07, 6.45) is -0.776. The molecular formula is C10H13Cl2NO2. The molecule has 1 aromatic carbocycles. The fraction of sp³-hybridized carbons (Fsp3) is 0.400. The van der Waals surface area contributed by atoms with Crippen molar-refractivity contribution in [2.45, 2.75) is 6.10 Å². The Morgan fingerprint density at radius 1 is 1.40 bits per heavy atom. The second-order valence-electron chi connectivity index (χ2n) is 3.31. The molecule has 0 aliphatic heterocycles. The summed E-state index contributed by atoms with van der Waals surface area (Å²) >= 11 is 11.7. The maximum atomic E-state index is 9.27. The predicted molar refractivity (Wildman–Crippen MR) is 62.8 cm³/mol. The van der Waals surface area contributed by atoms with Gasteiger partial charge in [0.15, 0.2) is 0 Å². The summed E-state index contributed by atoms with van der Waals surface area (Å²) in [5, 5.41) is 19.1. The summed E-state index contributed by atoms with van der Waals surface area (Å²) in [6.45, 7) is 0.0490. The van der Waals surface area contributed by atoms with Crippen LogP contribution < -0.4 is 4.90 Å². The first-order valence-electron chi connectivity index (χ1n) is 4.49. The first kappa shape index (κ1) is 12.6. The van der Waals surface area contributed by atoms with Gasteiger partial charge in [0.05, 0.1) is 23.4 Å². The van der Waals surface area contributed by atoms with E-state index in [2.05, 4.69) is 0 Å². The molecule has 0 amide bonds. The van der Waals surface area contributed by atoms with Crippen LogP contribution in [-0.4, -0.2) is 36.5 Å². The molecular weight excluding hydrogens is 237 g/mol. The lowest BCUT2D eigenvalue weighted by Crippen LogP contribution is -2.31. The summed E-state index contributed by atoms with van der Waals surface area (Å²) in [4.78, 5) is 1.76. The number of nitrogens with zero attached hydrogens (tertiary/aromatic N) is 1. The van der Waals surface area contributed by atoms with Gasteiger partial charge in [0.1, 0.15) is 0 Å². The van der Waals surface area contributed by atoms with E-state index in [1.54, 1.807) is 30.1 Å². The van der Waals surface area contributed by atoms with Gasteiger partial charge in [-0.25, -0.2) is 0 Å². The fourth-order valence-electron chi connectivity index (χ4n) is 1.26. The largest absolute Gasteiger partial charge is 0.394 e. The Morgan fingerprint density at radius 3 is 2.60 bits per heavy atom. The highest BCUT2D eigenvalue weighted by atomic mass is 35.5. The highest BCUT2D eigenvalue weighted by molar-refractivity contribution is 6.36. The van der Waals surface area contributed by atoms with Crippen molar-refractivity contribution in [3.63, 3.8) is 0 Å². The molecule has 0 radical (unpaired) electrons. The lowest BCUT2D eigenvalue weighted by molar-refractivity contribution is 0.101. The molecule has 2 N–H and O–H groups in total. The number of halogens is 2. The molecule has 0 bridgehead atoms. The quantitative estimate of drug-likeness (QED) is 0.856. The number of hydrogen-bond donors (Lipinski definition) is 2. The predicted octanol–water partition coefficient (Wildman–Crippen LogP) is 1.78. The van der Waals surface area contributed by atoms with Gasteiger partial charge in [-0.2, -0.15) is 0 Å². The Hall–Kier alpha value is -0.480. The zero-order chi connectivity index (χ0) is 11.4. The maximum absolute atomic E-state index is 9.27. The lowest BCUT2D eigenvalue weighted by atomic mass is 10.2. The summed E-state index contributed by atoms with van der Waals surface area (Å²) in [7, 11) is 1.79. The lowest BCUT2D eigenvalue weighted by Gasteiger charge is -2.22. The first-order chi connectivity index (χ1) is 7.04. The molecule has 0 aromatic heterocycles. The van der Waals surface area contributed by atoms with Crippen molar-refractivity contribution in [1.82, 2.24) is 0 Å². The number of benzene rings is 1. The molecule has 15 heavy (non-hydrogen) atoms. The highest BCUT2D eigenvalue weighted by Gasteiger charge is 2.10. The minimum absolute atomic E-state index is 0.268. The molecule has 0 aliphatic carbocycles. The minimum atomic E-state index is -0.776. The van der Waals surface area contributed by atoms with Crippen LogP contribution in [0.25, 0.3) is 0 Å². The third-order valence-electron chi connectivity index (χ3n) is 2.02. The summed E-state index contributed by atoms with van der Waals surface area (Å²) in [6, 6.07) is 5.14. The Labute approximate surface area is 98.8 Å². The number of aliphatic hydroxyl groups excluding tert-OH is 2.